The third-order valence-corrected chi connectivity index (χ3v) is 3.48. The number of nitrogens with one attached hydrogen (secondary N) is 1. The van der Waals surface area contributed by atoms with Crippen LogP contribution in [0.3, 0.4) is 0 Å². The van der Waals surface area contributed by atoms with Crippen LogP contribution in [0.1, 0.15) is 18.6 Å². The maximum atomic E-state index is 13.2. The van der Waals surface area contributed by atoms with Crippen molar-refractivity contribution in [1.29, 1.82) is 0 Å². The second kappa shape index (κ2) is 5.04. The number of hydrogen-bond donors (Lipinski definition) is 1. The van der Waals surface area contributed by atoms with Crippen LogP contribution >= 0.6 is 0 Å². The third-order valence-electron chi connectivity index (χ3n) is 3.48. The lowest BCUT2D eigenvalue weighted by molar-refractivity contribution is 0.177. The van der Waals surface area contributed by atoms with Gasteiger partial charge < -0.3 is 14.8 Å². The molecule has 2 unspecified atom stereocenters. The first-order valence-corrected chi connectivity index (χ1v) is 6.54. The molecule has 0 fully saturated rings. The van der Waals surface area contributed by atoms with Gasteiger partial charge in [-0.15, -0.1) is 0 Å². The molecule has 1 heterocycles. The SMILES string of the molecule is COc1ccc(C2Oc3ccc(F)cc3NC2C)cc1. The summed E-state index contributed by atoms with van der Waals surface area (Å²) in [5.74, 6) is 1.22. The molecule has 0 saturated heterocycles. The van der Waals surface area contributed by atoms with Gasteiger partial charge in [-0.1, -0.05) is 12.1 Å². The van der Waals surface area contributed by atoms with Crippen molar-refractivity contribution in [3.8, 4) is 11.5 Å². The van der Waals surface area contributed by atoms with Crippen molar-refractivity contribution in [2.75, 3.05) is 12.4 Å². The van der Waals surface area contributed by atoms with Gasteiger partial charge in [0.2, 0.25) is 0 Å². The number of rotatable bonds is 2. The second-order valence-corrected chi connectivity index (χ2v) is 4.89. The Kier molecular flexibility index (Phi) is 3.22. The van der Waals surface area contributed by atoms with Crippen LogP contribution in [0, 0.1) is 5.82 Å². The first-order valence-electron chi connectivity index (χ1n) is 6.54. The lowest BCUT2D eigenvalue weighted by Gasteiger charge is -2.33. The minimum absolute atomic E-state index is 0.0534. The van der Waals surface area contributed by atoms with Crippen LogP contribution in [-0.2, 0) is 0 Å². The average molecular weight is 273 g/mol. The highest BCUT2D eigenvalue weighted by Gasteiger charge is 2.27. The van der Waals surface area contributed by atoms with E-state index in [1.807, 2.05) is 31.2 Å². The normalized spacial score (nSPS) is 20.6. The zero-order valence-corrected chi connectivity index (χ0v) is 11.4. The Labute approximate surface area is 117 Å². The fraction of sp³-hybridized carbons (Fsp3) is 0.250. The van der Waals surface area contributed by atoms with E-state index in [4.69, 9.17) is 9.47 Å². The summed E-state index contributed by atoms with van der Waals surface area (Å²) in [6, 6.07) is 12.3. The van der Waals surface area contributed by atoms with E-state index >= 15 is 0 Å². The number of ether oxygens (including phenoxy) is 2. The molecule has 1 aliphatic rings. The third kappa shape index (κ3) is 2.29. The smallest absolute Gasteiger partial charge is 0.144 e. The van der Waals surface area contributed by atoms with E-state index in [-0.39, 0.29) is 18.0 Å². The summed E-state index contributed by atoms with van der Waals surface area (Å²) in [6.07, 6.45) is -0.112. The lowest BCUT2D eigenvalue weighted by Crippen LogP contribution is -2.32. The second-order valence-electron chi connectivity index (χ2n) is 4.89. The van der Waals surface area contributed by atoms with Crippen molar-refractivity contribution in [1.82, 2.24) is 0 Å². The van der Waals surface area contributed by atoms with Crippen LogP contribution < -0.4 is 14.8 Å². The van der Waals surface area contributed by atoms with Gasteiger partial charge in [0.25, 0.3) is 0 Å². The van der Waals surface area contributed by atoms with Crippen molar-refractivity contribution in [2.24, 2.45) is 0 Å². The molecule has 20 heavy (non-hydrogen) atoms. The van der Waals surface area contributed by atoms with E-state index in [1.165, 1.54) is 12.1 Å². The molecule has 0 radical (unpaired) electrons. The van der Waals surface area contributed by atoms with Crippen molar-refractivity contribution < 1.29 is 13.9 Å². The zero-order chi connectivity index (χ0) is 14.1. The van der Waals surface area contributed by atoms with Gasteiger partial charge in [0.15, 0.2) is 0 Å². The minimum atomic E-state index is -0.269. The predicted octanol–water partition coefficient (Wildman–Crippen LogP) is 3.77. The van der Waals surface area contributed by atoms with Crippen molar-refractivity contribution in [3.63, 3.8) is 0 Å². The van der Waals surface area contributed by atoms with Crippen molar-refractivity contribution in [2.45, 2.75) is 19.1 Å². The van der Waals surface area contributed by atoms with Crippen molar-refractivity contribution >= 4 is 5.69 Å². The van der Waals surface area contributed by atoms with Gasteiger partial charge in [-0.3, -0.25) is 0 Å². The maximum absolute atomic E-state index is 13.2. The molecule has 1 aliphatic heterocycles. The van der Waals surface area contributed by atoms with Gasteiger partial charge in [0, 0.05) is 6.07 Å². The summed E-state index contributed by atoms with van der Waals surface area (Å²) < 4.78 is 24.4. The van der Waals surface area contributed by atoms with Crippen LogP contribution in [0.25, 0.3) is 0 Å². The van der Waals surface area contributed by atoms with E-state index in [9.17, 15) is 4.39 Å². The van der Waals surface area contributed by atoms with Gasteiger partial charge in [0.05, 0.1) is 18.8 Å². The van der Waals surface area contributed by atoms with Crippen LogP contribution in [0.4, 0.5) is 10.1 Å². The maximum Gasteiger partial charge on any atom is 0.144 e. The molecule has 0 bridgehead atoms. The quantitative estimate of drug-likeness (QED) is 0.903. The number of benzene rings is 2. The Hall–Kier alpha value is -2.23. The molecule has 0 aliphatic carbocycles. The van der Waals surface area contributed by atoms with Crippen LogP contribution in [0.5, 0.6) is 11.5 Å². The molecule has 1 N–H and O–H groups in total. The fourth-order valence-corrected chi connectivity index (χ4v) is 2.43. The number of anilines is 1. The van der Waals surface area contributed by atoms with E-state index < -0.39 is 0 Å². The monoisotopic (exact) mass is 273 g/mol. The Balaban J connectivity index is 1.89. The molecular weight excluding hydrogens is 257 g/mol. The molecule has 4 heteroatoms. The van der Waals surface area contributed by atoms with Crippen LogP contribution in [0.2, 0.25) is 0 Å². The summed E-state index contributed by atoms with van der Waals surface area (Å²) in [4.78, 5) is 0. The average Bonchev–Trinajstić information content (AvgIpc) is 2.46. The fourth-order valence-electron chi connectivity index (χ4n) is 2.43. The molecule has 0 spiro atoms. The molecule has 0 aromatic heterocycles. The standard InChI is InChI=1S/C16H16FNO2/c1-10-16(11-3-6-13(19-2)7-4-11)20-15-8-5-12(17)9-14(15)18-10/h3-10,16,18H,1-2H3. The molecule has 3 rings (SSSR count). The van der Waals surface area contributed by atoms with Gasteiger partial charge >= 0.3 is 0 Å². The van der Waals surface area contributed by atoms with E-state index in [1.54, 1.807) is 13.2 Å². The summed E-state index contributed by atoms with van der Waals surface area (Å²) in [7, 11) is 1.64. The van der Waals surface area contributed by atoms with Crippen LogP contribution in [0.15, 0.2) is 42.5 Å². The highest BCUT2D eigenvalue weighted by molar-refractivity contribution is 5.59. The largest absolute Gasteiger partial charge is 0.497 e. The highest BCUT2D eigenvalue weighted by Crippen LogP contribution is 2.37. The molecule has 2 aromatic carbocycles. The minimum Gasteiger partial charge on any atom is -0.497 e. The van der Waals surface area contributed by atoms with Gasteiger partial charge in [0.1, 0.15) is 23.4 Å². The Bertz CT molecular complexity index is 612. The van der Waals surface area contributed by atoms with Gasteiger partial charge in [-0.2, -0.15) is 0 Å². The molecule has 2 atom stereocenters. The first kappa shape index (κ1) is 12.8. The number of halogens is 1. The first-order chi connectivity index (χ1) is 9.67. The molecule has 2 aromatic rings. The predicted molar refractivity (Wildman–Crippen MR) is 75.8 cm³/mol. The summed E-state index contributed by atoms with van der Waals surface area (Å²) in [5, 5.41) is 3.28. The number of methoxy groups -OCH3 is 1. The number of fused-ring (bicyclic) bond motifs is 1. The van der Waals surface area contributed by atoms with E-state index in [0.717, 1.165) is 11.3 Å². The topological polar surface area (TPSA) is 30.5 Å². The Morgan fingerprint density at radius 2 is 1.90 bits per heavy atom. The molecule has 0 saturated carbocycles. The van der Waals surface area contributed by atoms with Gasteiger partial charge in [-0.25, -0.2) is 4.39 Å². The van der Waals surface area contributed by atoms with Gasteiger partial charge in [-0.05, 0) is 36.8 Å². The molecule has 3 nitrogen and oxygen atoms in total. The lowest BCUT2D eigenvalue weighted by atomic mass is 10.0. The zero-order valence-electron chi connectivity index (χ0n) is 11.4. The van der Waals surface area contributed by atoms with Crippen LogP contribution in [-0.4, -0.2) is 13.2 Å². The summed E-state index contributed by atoms with van der Waals surface area (Å²) in [6.45, 7) is 2.02. The molecular formula is C16H16FNO2. The Morgan fingerprint density at radius 3 is 2.60 bits per heavy atom. The Morgan fingerprint density at radius 1 is 1.15 bits per heavy atom. The van der Waals surface area contributed by atoms with Crippen molar-refractivity contribution in [3.05, 3.63) is 53.8 Å². The van der Waals surface area contributed by atoms with E-state index in [0.29, 0.717) is 11.4 Å². The van der Waals surface area contributed by atoms with E-state index in [2.05, 4.69) is 5.32 Å². The molecule has 104 valence electrons. The number of hydrogen-bond acceptors (Lipinski definition) is 3. The highest BCUT2D eigenvalue weighted by atomic mass is 19.1. The summed E-state index contributed by atoms with van der Waals surface area (Å²) >= 11 is 0. The molecule has 0 amide bonds. The summed E-state index contributed by atoms with van der Waals surface area (Å²) in [5.41, 5.74) is 1.75.